The third kappa shape index (κ3) is 1.88. The van der Waals surface area contributed by atoms with Crippen LogP contribution >= 0.6 is 0 Å². The lowest BCUT2D eigenvalue weighted by atomic mass is 10.2. The molecule has 15 heavy (non-hydrogen) atoms. The molecule has 0 aliphatic carbocycles. The molecule has 0 atom stereocenters. The largest absolute Gasteiger partial charge is 0.351 e. The second kappa shape index (κ2) is 3.96. The van der Waals surface area contributed by atoms with E-state index < -0.39 is 0 Å². The molecule has 0 saturated carbocycles. The van der Waals surface area contributed by atoms with Gasteiger partial charge in [-0.2, -0.15) is 0 Å². The lowest BCUT2D eigenvalue weighted by Crippen LogP contribution is -2.25. The topological polar surface area (TPSA) is 62.0 Å². The van der Waals surface area contributed by atoms with E-state index in [-0.39, 0.29) is 12.5 Å². The molecule has 0 spiro atoms. The summed E-state index contributed by atoms with van der Waals surface area (Å²) in [5, 5.41) is 3.39. The highest BCUT2D eigenvalue weighted by Crippen LogP contribution is 2.14. The zero-order chi connectivity index (χ0) is 10.7. The number of amides is 1. The second-order valence-electron chi connectivity index (χ2n) is 3.10. The van der Waals surface area contributed by atoms with E-state index in [1.807, 2.05) is 24.3 Å². The SMILES string of the molecule is O=[C]CNC(=O)c1cc2ccccc2[nH]1. The number of fused-ring (bicyclic) bond motifs is 1. The minimum absolute atomic E-state index is 0.0891. The zero-order valence-electron chi connectivity index (χ0n) is 7.91. The van der Waals surface area contributed by atoms with Crippen LogP contribution in [0, 0.1) is 0 Å². The number of para-hydroxylation sites is 1. The third-order valence-electron chi connectivity index (χ3n) is 2.10. The number of aromatic nitrogens is 1. The van der Waals surface area contributed by atoms with Crippen molar-refractivity contribution in [3.05, 3.63) is 36.0 Å². The van der Waals surface area contributed by atoms with Crippen LogP contribution in [0.5, 0.6) is 0 Å². The van der Waals surface area contributed by atoms with Crippen LogP contribution in [0.4, 0.5) is 0 Å². The van der Waals surface area contributed by atoms with E-state index in [2.05, 4.69) is 10.3 Å². The fourth-order valence-corrected chi connectivity index (χ4v) is 1.41. The molecule has 0 unspecified atom stereocenters. The summed E-state index contributed by atoms with van der Waals surface area (Å²) in [5.41, 5.74) is 1.35. The van der Waals surface area contributed by atoms with Gasteiger partial charge in [0.2, 0.25) is 6.29 Å². The Balaban J connectivity index is 2.28. The van der Waals surface area contributed by atoms with E-state index in [0.717, 1.165) is 10.9 Å². The van der Waals surface area contributed by atoms with Crippen molar-refractivity contribution in [2.24, 2.45) is 0 Å². The predicted molar refractivity (Wildman–Crippen MR) is 56.3 cm³/mol. The number of hydrogen-bond donors (Lipinski definition) is 2. The maximum atomic E-state index is 11.5. The van der Waals surface area contributed by atoms with Crippen LogP contribution in [0.2, 0.25) is 0 Å². The maximum absolute atomic E-state index is 11.5. The van der Waals surface area contributed by atoms with Gasteiger partial charge in [-0.15, -0.1) is 0 Å². The third-order valence-corrected chi connectivity index (χ3v) is 2.10. The highest BCUT2D eigenvalue weighted by molar-refractivity contribution is 5.98. The fourth-order valence-electron chi connectivity index (χ4n) is 1.41. The van der Waals surface area contributed by atoms with Gasteiger partial charge in [-0.25, -0.2) is 0 Å². The molecule has 2 rings (SSSR count). The average molecular weight is 201 g/mol. The number of benzene rings is 1. The highest BCUT2D eigenvalue weighted by atomic mass is 16.2. The zero-order valence-corrected chi connectivity index (χ0v) is 7.91. The van der Waals surface area contributed by atoms with Gasteiger partial charge in [0, 0.05) is 10.9 Å². The van der Waals surface area contributed by atoms with Crippen molar-refractivity contribution in [2.75, 3.05) is 6.54 Å². The molecule has 1 aromatic heterocycles. The van der Waals surface area contributed by atoms with Gasteiger partial charge in [-0.3, -0.25) is 9.59 Å². The van der Waals surface area contributed by atoms with Crippen molar-refractivity contribution in [3.8, 4) is 0 Å². The lowest BCUT2D eigenvalue weighted by Gasteiger charge is -1.95. The Morgan fingerprint density at radius 2 is 2.20 bits per heavy atom. The van der Waals surface area contributed by atoms with Crippen molar-refractivity contribution < 1.29 is 9.59 Å². The fraction of sp³-hybridized carbons (Fsp3) is 0.0909. The van der Waals surface area contributed by atoms with Crippen molar-refractivity contribution in [3.63, 3.8) is 0 Å². The van der Waals surface area contributed by atoms with Gasteiger partial charge in [0.05, 0.1) is 6.54 Å². The van der Waals surface area contributed by atoms with Crippen molar-refractivity contribution >= 4 is 23.1 Å². The van der Waals surface area contributed by atoms with E-state index in [1.54, 1.807) is 12.4 Å². The maximum Gasteiger partial charge on any atom is 0.268 e. The summed E-state index contributed by atoms with van der Waals surface area (Å²) in [6, 6.07) is 9.33. The number of nitrogens with one attached hydrogen (secondary N) is 2. The minimum Gasteiger partial charge on any atom is -0.351 e. The Kier molecular flexibility index (Phi) is 2.49. The first-order valence-electron chi connectivity index (χ1n) is 4.52. The van der Waals surface area contributed by atoms with Gasteiger partial charge in [-0.05, 0) is 12.1 Å². The molecule has 1 radical (unpaired) electrons. The number of carbonyl (C=O) groups is 1. The average Bonchev–Trinajstić information content (AvgIpc) is 2.69. The Labute approximate surface area is 86.3 Å². The van der Waals surface area contributed by atoms with Gasteiger partial charge in [0.25, 0.3) is 5.91 Å². The van der Waals surface area contributed by atoms with Gasteiger partial charge in [-0.1, -0.05) is 18.2 Å². The van der Waals surface area contributed by atoms with Crippen LogP contribution < -0.4 is 5.32 Å². The first kappa shape index (κ1) is 9.45. The molecule has 2 aromatic rings. The van der Waals surface area contributed by atoms with E-state index in [4.69, 9.17) is 0 Å². The highest BCUT2D eigenvalue weighted by Gasteiger charge is 2.07. The van der Waals surface area contributed by atoms with Crippen LogP contribution in [-0.2, 0) is 4.79 Å². The summed E-state index contributed by atoms with van der Waals surface area (Å²) in [5.74, 6) is -0.297. The number of aromatic amines is 1. The quantitative estimate of drug-likeness (QED) is 0.778. The number of carbonyl (C=O) groups excluding carboxylic acids is 2. The monoisotopic (exact) mass is 201 g/mol. The van der Waals surface area contributed by atoms with Crippen LogP contribution in [-0.4, -0.2) is 23.7 Å². The summed E-state index contributed by atoms with van der Waals surface area (Å²) in [7, 11) is 0. The van der Waals surface area contributed by atoms with Gasteiger partial charge < -0.3 is 10.3 Å². The molecule has 75 valence electrons. The van der Waals surface area contributed by atoms with Gasteiger partial charge >= 0.3 is 0 Å². The Bertz CT molecular complexity index is 469. The Hall–Kier alpha value is -2.10. The number of rotatable bonds is 3. The standard InChI is InChI=1S/C11H9N2O2/c14-6-5-12-11(15)10-7-8-3-1-2-4-9(8)13-10/h1-4,7,13H,5H2,(H,12,15). The van der Waals surface area contributed by atoms with Crippen LogP contribution in [0.3, 0.4) is 0 Å². The molecule has 0 aliphatic heterocycles. The van der Waals surface area contributed by atoms with E-state index in [1.165, 1.54) is 0 Å². The molecule has 4 nitrogen and oxygen atoms in total. The minimum atomic E-state index is -0.297. The van der Waals surface area contributed by atoms with Crippen molar-refractivity contribution in [1.82, 2.24) is 10.3 Å². The molecular weight excluding hydrogens is 192 g/mol. The molecule has 2 N–H and O–H groups in total. The first-order valence-corrected chi connectivity index (χ1v) is 4.52. The molecule has 4 heteroatoms. The van der Waals surface area contributed by atoms with E-state index in [0.29, 0.717) is 5.69 Å². The van der Waals surface area contributed by atoms with Gasteiger partial charge in [0.15, 0.2) is 0 Å². The Morgan fingerprint density at radius 1 is 1.40 bits per heavy atom. The van der Waals surface area contributed by atoms with Crippen LogP contribution in [0.25, 0.3) is 10.9 Å². The molecule has 0 fully saturated rings. The molecule has 0 saturated heterocycles. The van der Waals surface area contributed by atoms with E-state index in [9.17, 15) is 9.59 Å². The van der Waals surface area contributed by atoms with Crippen LogP contribution in [0.1, 0.15) is 10.5 Å². The summed E-state index contributed by atoms with van der Waals surface area (Å²) >= 11 is 0. The summed E-state index contributed by atoms with van der Waals surface area (Å²) in [6.07, 6.45) is 1.61. The smallest absolute Gasteiger partial charge is 0.268 e. The molecule has 1 heterocycles. The Morgan fingerprint density at radius 3 is 2.93 bits per heavy atom. The first-order chi connectivity index (χ1) is 7.31. The summed E-state index contributed by atoms with van der Waals surface area (Å²) in [6.45, 7) is -0.0891. The summed E-state index contributed by atoms with van der Waals surface area (Å²) in [4.78, 5) is 24.4. The molecule has 1 aromatic carbocycles. The predicted octanol–water partition coefficient (Wildman–Crippen LogP) is 1.01. The van der Waals surface area contributed by atoms with Crippen molar-refractivity contribution in [1.29, 1.82) is 0 Å². The van der Waals surface area contributed by atoms with Gasteiger partial charge in [0.1, 0.15) is 5.69 Å². The summed E-state index contributed by atoms with van der Waals surface area (Å²) < 4.78 is 0. The number of hydrogen-bond acceptors (Lipinski definition) is 2. The molecular formula is C11H9N2O2. The van der Waals surface area contributed by atoms with Crippen LogP contribution in [0.15, 0.2) is 30.3 Å². The molecule has 1 amide bonds. The van der Waals surface area contributed by atoms with Crippen molar-refractivity contribution in [2.45, 2.75) is 0 Å². The number of H-pyrrole nitrogens is 1. The molecule has 0 aliphatic rings. The normalized spacial score (nSPS) is 10.1. The van der Waals surface area contributed by atoms with E-state index >= 15 is 0 Å². The second-order valence-corrected chi connectivity index (χ2v) is 3.10. The molecule has 0 bridgehead atoms. The lowest BCUT2D eigenvalue weighted by molar-refractivity contribution is 0.0955.